The minimum Gasteiger partial charge on any atom is -0.492 e. The number of rotatable bonds is 7. The molecule has 0 saturated carbocycles. The minimum atomic E-state index is -1.25. The standard InChI is InChI=1S/C20H17N3O4/c1-23(20-22-17-4-2-3-5-18(17)27-20)10-11-26-16-8-6-14(7-9-16)12-15(13-21)19(24)25/h2-9,12H,10-11H2,1H3,(H,24,25)/b15-12+. The number of hydrogen-bond donors (Lipinski definition) is 1. The van der Waals surface area contributed by atoms with Gasteiger partial charge in [-0.2, -0.15) is 10.2 Å². The Morgan fingerprint density at radius 1 is 1.30 bits per heavy atom. The van der Waals surface area contributed by atoms with E-state index in [4.69, 9.17) is 19.5 Å². The fourth-order valence-electron chi connectivity index (χ4n) is 2.39. The first-order valence-electron chi connectivity index (χ1n) is 8.21. The second-order valence-electron chi connectivity index (χ2n) is 5.78. The van der Waals surface area contributed by atoms with Crippen LogP contribution in [0.1, 0.15) is 5.56 Å². The lowest BCUT2D eigenvalue weighted by molar-refractivity contribution is -0.132. The summed E-state index contributed by atoms with van der Waals surface area (Å²) in [6.07, 6.45) is 1.31. The molecule has 3 rings (SSSR count). The quantitative estimate of drug-likeness (QED) is 0.507. The van der Waals surface area contributed by atoms with E-state index in [-0.39, 0.29) is 5.57 Å². The van der Waals surface area contributed by atoms with Crippen LogP contribution < -0.4 is 9.64 Å². The summed E-state index contributed by atoms with van der Waals surface area (Å²) in [7, 11) is 1.87. The highest BCUT2D eigenvalue weighted by molar-refractivity contribution is 5.96. The van der Waals surface area contributed by atoms with E-state index >= 15 is 0 Å². The number of fused-ring (bicyclic) bond motifs is 1. The second-order valence-corrected chi connectivity index (χ2v) is 5.78. The third kappa shape index (κ3) is 4.44. The molecule has 7 nitrogen and oxygen atoms in total. The van der Waals surface area contributed by atoms with Crippen LogP contribution in [-0.4, -0.2) is 36.3 Å². The molecule has 0 fully saturated rings. The summed E-state index contributed by atoms with van der Waals surface area (Å²) in [6, 6.07) is 16.6. The molecule has 0 bridgehead atoms. The molecule has 0 unspecified atom stereocenters. The Kier molecular flexibility index (Phi) is 5.38. The molecule has 0 amide bonds. The smallest absolute Gasteiger partial charge is 0.346 e. The number of hydrogen-bond acceptors (Lipinski definition) is 6. The number of carboxylic acids is 1. The monoisotopic (exact) mass is 363 g/mol. The van der Waals surface area contributed by atoms with E-state index in [2.05, 4.69) is 4.98 Å². The number of aliphatic carboxylic acids is 1. The maximum atomic E-state index is 10.8. The van der Waals surface area contributed by atoms with Crippen molar-refractivity contribution in [1.29, 1.82) is 5.26 Å². The molecule has 3 aromatic rings. The number of ether oxygens (including phenoxy) is 1. The van der Waals surface area contributed by atoms with Crippen molar-refractivity contribution in [3.05, 3.63) is 59.7 Å². The van der Waals surface area contributed by atoms with Gasteiger partial charge in [-0.25, -0.2) is 4.79 Å². The predicted octanol–water partition coefficient (Wildman–Crippen LogP) is 3.33. The van der Waals surface area contributed by atoms with Crippen LogP contribution in [0.4, 0.5) is 6.01 Å². The summed E-state index contributed by atoms with van der Waals surface area (Å²) in [4.78, 5) is 17.1. The Balaban J connectivity index is 1.55. The third-order valence-electron chi connectivity index (χ3n) is 3.85. The highest BCUT2D eigenvalue weighted by Crippen LogP contribution is 2.20. The second kappa shape index (κ2) is 8.06. The fourth-order valence-corrected chi connectivity index (χ4v) is 2.39. The fraction of sp³-hybridized carbons (Fsp3) is 0.150. The van der Waals surface area contributed by atoms with E-state index in [1.165, 1.54) is 6.08 Å². The normalized spacial score (nSPS) is 11.2. The van der Waals surface area contributed by atoms with Gasteiger partial charge < -0.3 is 19.2 Å². The molecule has 0 radical (unpaired) electrons. The van der Waals surface area contributed by atoms with Gasteiger partial charge >= 0.3 is 5.97 Å². The number of oxazole rings is 1. The number of benzene rings is 2. The SMILES string of the molecule is CN(CCOc1ccc(/C=C(\C#N)C(=O)O)cc1)c1nc2ccccc2o1. The number of carboxylic acid groups (broad SMARTS) is 1. The van der Waals surface area contributed by atoms with Gasteiger partial charge in [-0.05, 0) is 35.9 Å². The Bertz CT molecular complexity index is 983. The van der Waals surface area contributed by atoms with Gasteiger partial charge in [0.25, 0.3) is 6.01 Å². The molecular formula is C20H17N3O4. The molecule has 0 atom stereocenters. The topological polar surface area (TPSA) is 99.6 Å². The van der Waals surface area contributed by atoms with Crippen molar-refractivity contribution in [3.63, 3.8) is 0 Å². The van der Waals surface area contributed by atoms with Crippen molar-refractivity contribution in [2.24, 2.45) is 0 Å². The lowest BCUT2D eigenvalue weighted by Crippen LogP contribution is -2.23. The van der Waals surface area contributed by atoms with E-state index in [0.29, 0.717) is 30.5 Å². The van der Waals surface area contributed by atoms with Crippen LogP contribution in [-0.2, 0) is 4.79 Å². The molecule has 0 aliphatic rings. The Morgan fingerprint density at radius 2 is 2.04 bits per heavy atom. The Morgan fingerprint density at radius 3 is 2.70 bits per heavy atom. The molecule has 1 N–H and O–H groups in total. The number of anilines is 1. The molecule has 1 aromatic heterocycles. The lowest BCUT2D eigenvalue weighted by Gasteiger charge is -2.14. The van der Waals surface area contributed by atoms with E-state index < -0.39 is 5.97 Å². The Hall–Kier alpha value is -3.79. The number of para-hydroxylation sites is 2. The largest absolute Gasteiger partial charge is 0.492 e. The van der Waals surface area contributed by atoms with Gasteiger partial charge in [0.1, 0.15) is 29.5 Å². The van der Waals surface area contributed by atoms with Crippen molar-refractivity contribution >= 4 is 29.2 Å². The first-order chi connectivity index (χ1) is 13.1. The molecule has 1 heterocycles. The zero-order valence-corrected chi connectivity index (χ0v) is 14.6. The van der Waals surface area contributed by atoms with Crippen molar-refractivity contribution in [2.45, 2.75) is 0 Å². The molecule has 136 valence electrons. The summed E-state index contributed by atoms with van der Waals surface area (Å²) in [6.45, 7) is 0.995. The van der Waals surface area contributed by atoms with Crippen LogP contribution in [0, 0.1) is 11.3 Å². The van der Waals surface area contributed by atoms with E-state index in [9.17, 15) is 4.79 Å². The number of carbonyl (C=O) groups is 1. The van der Waals surface area contributed by atoms with Gasteiger partial charge in [0.05, 0.1) is 6.54 Å². The van der Waals surface area contributed by atoms with Crippen molar-refractivity contribution in [3.8, 4) is 11.8 Å². The summed E-state index contributed by atoms with van der Waals surface area (Å²) in [5, 5.41) is 17.6. The first kappa shape index (κ1) is 18.0. The molecule has 0 spiro atoms. The third-order valence-corrected chi connectivity index (χ3v) is 3.85. The van der Waals surface area contributed by atoms with Crippen LogP contribution >= 0.6 is 0 Å². The highest BCUT2D eigenvalue weighted by Gasteiger charge is 2.10. The van der Waals surface area contributed by atoms with Crippen LogP contribution in [0.5, 0.6) is 5.75 Å². The summed E-state index contributed by atoms with van der Waals surface area (Å²) in [5.41, 5.74) is 1.84. The zero-order chi connectivity index (χ0) is 19.2. The highest BCUT2D eigenvalue weighted by atomic mass is 16.5. The number of aromatic nitrogens is 1. The van der Waals surface area contributed by atoms with Gasteiger partial charge in [0.2, 0.25) is 0 Å². The average Bonchev–Trinajstić information content (AvgIpc) is 3.11. The molecule has 2 aromatic carbocycles. The van der Waals surface area contributed by atoms with E-state index in [0.717, 1.165) is 11.1 Å². The summed E-state index contributed by atoms with van der Waals surface area (Å²) in [5.74, 6) is -0.605. The number of nitriles is 1. The maximum absolute atomic E-state index is 10.8. The molecular weight excluding hydrogens is 346 g/mol. The van der Waals surface area contributed by atoms with Gasteiger partial charge in [0.15, 0.2) is 5.58 Å². The van der Waals surface area contributed by atoms with Crippen LogP contribution in [0.15, 0.2) is 58.5 Å². The summed E-state index contributed by atoms with van der Waals surface area (Å²) < 4.78 is 11.4. The molecule has 27 heavy (non-hydrogen) atoms. The number of likely N-dealkylation sites (N-methyl/N-ethyl adjacent to an activating group) is 1. The molecule has 0 aliphatic carbocycles. The minimum absolute atomic E-state index is 0.316. The van der Waals surface area contributed by atoms with E-state index in [1.807, 2.05) is 36.2 Å². The first-order valence-corrected chi connectivity index (χ1v) is 8.21. The van der Waals surface area contributed by atoms with Gasteiger partial charge in [-0.1, -0.05) is 24.3 Å². The van der Waals surface area contributed by atoms with Gasteiger partial charge in [-0.15, -0.1) is 0 Å². The molecule has 7 heteroatoms. The van der Waals surface area contributed by atoms with Gasteiger partial charge in [0, 0.05) is 7.05 Å². The van der Waals surface area contributed by atoms with Gasteiger partial charge in [-0.3, -0.25) is 0 Å². The van der Waals surface area contributed by atoms with Crippen LogP contribution in [0.2, 0.25) is 0 Å². The average molecular weight is 363 g/mol. The zero-order valence-electron chi connectivity index (χ0n) is 14.6. The van der Waals surface area contributed by atoms with E-state index in [1.54, 1.807) is 30.3 Å². The van der Waals surface area contributed by atoms with Crippen molar-refractivity contribution < 1.29 is 19.1 Å². The predicted molar refractivity (Wildman–Crippen MR) is 100 cm³/mol. The lowest BCUT2D eigenvalue weighted by atomic mass is 10.1. The van der Waals surface area contributed by atoms with Crippen molar-refractivity contribution in [1.82, 2.24) is 4.98 Å². The molecule has 0 saturated heterocycles. The number of nitrogens with zero attached hydrogens (tertiary/aromatic N) is 3. The molecule has 0 aliphatic heterocycles. The van der Waals surface area contributed by atoms with Crippen LogP contribution in [0.3, 0.4) is 0 Å². The Labute approximate surface area is 155 Å². The van der Waals surface area contributed by atoms with Crippen LogP contribution in [0.25, 0.3) is 17.2 Å². The van der Waals surface area contributed by atoms with Crippen molar-refractivity contribution in [2.75, 3.05) is 25.1 Å². The maximum Gasteiger partial charge on any atom is 0.346 e. The summed E-state index contributed by atoms with van der Waals surface area (Å²) >= 11 is 0.